The molecule has 0 fully saturated rings. The molecule has 0 aliphatic carbocycles. The van der Waals surface area contributed by atoms with Gasteiger partial charge in [-0.15, -0.1) is 0 Å². The topological polar surface area (TPSA) is 80.8 Å². The van der Waals surface area contributed by atoms with Crippen LogP contribution in [0.2, 0.25) is 0 Å². The number of aromatic amines is 1. The second kappa shape index (κ2) is 6.83. The Morgan fingerprint density at radius 3 is 2.65 bits per heavy atom. The molecule has 6 nitrogen and oxygen atoms in total. The van der Waals surface area contributed by atoms with Crippen LogP contribution in [0, 0.1) is 0 Å². The molecule has 6 heteroatoms. The van der Waals surface area contributed by atoms with Crippen LogP contribution in [0.25, 0.3) is 0 Å². The lowest BCUT2D eigenvalue weighted by atomic mass is 10.1. The highest BCUT2D eigenvalue weighted by atomic mass is 16.5. The molecule has 2 heterocycles. The molecule has 0 aliphatic heterocycles. The van der Waals surface area contributed by atoms with E-state index < -0.39 is 6.10 Å². The first kappa shape index (κ1) is 14.9. The van der Waals surface area contributed by atoms with Gasteiger partial charge in [-0.2, -0.15) is 5.10 Å². The Kier molecular flexibility index (Phi) is 4.42. The summed E-state index contributed by atoms with van der Waals surface area (Å²) < 4.78 is 5.44. The van der Waals surface area contributed by atoms with Crippen molar-refractivity contribution >= 4 is 5.97 Å². The van der Waals surface area contributed by atoms with Gasteiger partial charge in [0.05, 0.1) is 11.3 Å². The highest BCUT2D eigenvalue weighted by Gasteiger charge is 2.14. The van der Waals surface area contributed by atoms with Gasteiger partial charge in [0.15, 0.2) is 0 Å². The lowest BCUT2D eigenvalue weighted by Crippen LogP contribution is -2.10. The van der Waals surface area contributed by atoms with Crippen molar-refractivity contribution in [3.63, 3.8) is 0 Å². The van der Waals surface area contributed by atoms with Crippen molar-refractivity contribution in [3.05, 3.63) is 77.6 Å². The molecule has 0 unspecified atom stereocenters. The smallest absolute Gasteiger partial charge is 0.338 e. The van der Waals surface area contributed by atoms with E-state index in [1.807, 2.05) is 30.3 Å². The summed E-state index contributed by atoms with van der Waals surface area (Å²) in [6, 6.07) is 12.8. The van der Waals surface area contributed by atoms with E-state index >= 15 is 0 Å². The molecule has 1 aromatic carbocycles. The number of carbonyl (C=O) groups excluding carboxylic acids is 1. The van der Waals surface area contributed by atoms with E-state index in [4.69, 9.17) is 4.74 Å². The fraction of sp³-hybridized carbons (Fsp3) is 0.176. The fourth-order valence-electron chi connectivity index (χ4n) is 2.17. The van der Waals surface area contributed by atoms with Crippen LogP contribution in [-0.4, -0.2) is 26.1 Å². The Balaban J connectivity index is 1.63. The van der Waals surface area contributed by atoms with E-state index in [9.17, 15) is 4.79 Å². The van der Waals surface area contributed by atoms with Crippen LogP contribution >= 0.6 is 0 Å². The first-order valence-corrected chi connectivity index (χ1v) is 7.27. The van der Waals surface area contributed by atoms with Crippen LogP contribution < -0.4 is 0 Å². The second-order valence-corrected chi connectivity index (χ2v) is 5.11. The number of H-pyrrole nitrogens is 1. The third kappa shape index (κ3) is 3.79. The number of nitrogens with zero attached hydrogens (tertiary/aromatic N) is 3. The number of ether oxygens (including phenoxy) is 1. The average molecular weight is 308 g/mol. The van der Waals surface area contributed by atoms with Gasteiger partial charge in [-0.1, -0.05) is 18.2 Å². The van der Waals surface area contributed by atoms with Gasteiger partial charge in [-0.3, -0.25) is 10.1 Å². The lowest BCUT2D eigenvalue weighted by molar-refractivity contribution is 0.0329. The number of benzene rings is 1. The summed E-state index contributed by atoms with van der Waals surface area (Å²) in [4.78, 5) is 20.4. The van der Waals surface area contributed by atoms with Crippen LogP contribution in [0.15, 0.2) is 55.0 Å². The van der Waals surface area contributed by atoms with E-state index in [1.165, 1.54) is 6.33 Å². The van der Waals surface area contributed by atoms with Gasteiger partial charge in [0.1, 0.15) is 18.3 Å². The first-order valence-electron chi connectivity index (χ1n) is 7.27. The van der Waals surface area contributed by atoms with Crippen LogP contribution in [0.3, 0.4) is 0 Å². The minimum atomic E-state index is -0.391. The standard InChI is InChI=1S/C17H16N4O2/c1-12(15-4-2-3-9-18-15)23-17(22)14-7-5-13(6-8-14)10-16-19-11-20-21-16/h2-9,11-12H,10H2,1H3,(H,19,20,21)/t12-/m1/s1. The summed E-state index contributed by atoms with van der Waals surface area (Å²) in [5, 5.41) is 6.62. The average Bonchev–Trinajstić information content (AvgIpc) is 3.09. The van der Waals surface area contributed by atoms with Crippen molar-refractivity contribution in [2.75, 3.05) is 0 Å². The zero-order valence-electron chi connectivity index (χ0n) is 12.6. The molecule has 0 amide bonds. The van der Waals surface area contributed by atoms with Gasteiger partial charge in [-0.25, -0.2) is 9.78 Å². The number of pyridine rings is 1. The van der Waals surface area contributed by atoms with Crippen molar-refractivity contribution in [1.29, 1.82) is 0 Å². The SMILES string of the molecule is C[C@@H](OC(=O)c1ccc(Cc2ncn[nH]2)cc1)c1ccccn1. The van der Waals surface area contributed by atoms with Gasteiger partial charge < -0.3 is 4.74 Å². The number of hydrogen-bond donors (Lipinski definition) is 1. The maximum Gasteiger partial charge on any atom is 0.338 e. The van der Waals surface area contributed by atoms with E-state index in [0.29, 0.717) is 12.0 Å². The van der Waals surface area contributed by atoms with Gasteiger partial charge in [-0.05, 0) is 36.8 Å². The Labute approximate surface area is 133 Å². The third-order valence-electron chi connectivity index (χ3n) is 3.41. The maximum absolute atomic E-state index is 12.2. The molecule has 3 aromatic rings. The highest BCUT2D eigenvalue weighted by molar-refractivity contribution is 5.89. The number of hydrogen-bond acceptors (Lipinski definition) is 5. The second-order valence-electron chi connectivity index (χ2n) is 5.11. The molecule has 1 atom stereocenters. The van der Waals surface area contributed by atoms with Crippen LogP contribution in [0.1, 0.15) is 40.5 Å². The summed E-state index contributed by atoms with van der Waals surface area (Å²) in [6.45, 7) is 1.80. The highest BCUT2D eigenvalue weighted by Crippen LogP contribution is 2.16. The Morgan fingerprint density at radius 1 is 1.17 bits per heavy atom. The summed E-state index contributed by atoms with van der Waals surface area (Å²) >= 11 is 0. The summed E-state index contributed by atoms with van der Waals surface area (Å²) in [5.41, 5.74) is 2.27. The minimum absolute atomic E-state index is 0.366. The molecule has 0 bridgehead atoms. The third-order valence-corrected chi connectivity index (χ3v) is 3.41. The number of nitrogens with one attached hydrogen (secondary N) is 1. The van der Waals surface area contributed by atoms with Crippen LogP contribution in [0.4, 0.5) is 0 Å². The molecule has 23 heavy (non-hydrogen) atoms. The quantitative estimate of drug-likeness (QED) is 0.733. The fourth-order valence-corrected chi connectivity index (χ4v) is 2.17. The molecule has 2 aromatic heterocycles. The van der Waals surface area contributed by atoms with Crippen LogP contribution in [-0.2, 0) is 11.2 Å². The summed E-state index contributed by atoms with van der Waals surface area (Å²) in [5.74, 6) is 0.415. The van der Waals surface area contributed by atoms with E-state index in [-0.39, 0.29) is 5.97 Å². The molecule has 0 spiro atoms. The van der Waals surface area contributed by atoms with Gasteiger partial charge in [0, 0.05) is 12.6 Å². The first-order chi connectivity index (χ1) is 11.2. The Hall–Kier alpha value is -3.02. The van der Waals surface area contributed by atoms with Crippen molar-refractivity contribution in [1.82, 2.24) is 20.2 Å². The number of carbonyl (C=O) groups is 1. The van der Waals surface area contributed by atoms with Crippen molar-refractivity contribution < 1.29 is 9.53 Å². The number of aromatic nitrogens is 4. The van der Waals surface area contributed by atoms with E-state index in [2.05, 4.69) is 20.2 Å². The zero-order valence-corrected chi connectivity index (χ0v) is 12.6. The molecule has 3 rings (SSSR count). The summed E-state index contributed by atoms with van der Waals surface area (Å²) in [7, 11) is 0. The molecular weight excluding hydrogens is 292 g/mol. The molecule has 0 saturated carbocycles. The normalized spacial score (nSPS) is 11.9. The van der Waals surface area contributed by atoms with Crippen LogP contribution in [0.5, 0.6) is 0 Å². The van der Waals surface area contributed by atoms with Crippen molar-refractivity contribution in [2.45, 2.75) is 19.4 Å². The Morgan fingerprint density at radius 2 is 2.00 bits per heavy atom. The zero-order chi connectivity index (χ0) is 16.1. The predicted molar refractivity (Wildman–Crippen MR) is 83.7 cm³/mol. The number of rotatable bonds is 5. The molecule has 0 saturated heterocycles. The van der Waals surface area contributed by atoms with Gasteiger partial charge in [0.25, 0.3) is 0 Å². The van der Waals surface area contributed by atoms with E-state index in [1.54, 1.807) is 25.3 Å². The molecular formula is C17H16N4O2. The van der Waals surface area contributed by atoms with E-state index in [0.717, 1.165) is 17.1 Å². The number of esters is 1. The minimum Gasteiger partial charge on any atom is -0.453 e. The van der Waals surface area contributed by atoms with Gasteiger partial charge >= 0.3 is 5.97 Å². The summed E-state index contributed by atoms with van der Waals surface area (Å²) in [6.07, 6.45) is 3.40. The molecule has 116 valence electrons. The van der Waals surface area contributed by atoms with Gasteiger partial charge in [0.2, 0.25) is 0 Å². The molecule has 0 aliphatic rings. The monoisotopic (exact) mass is 308 g/mol. The largest absolute Gasteiger partial charge is 0.453 e. The lowest BCUT2D eigenvalue weighted by Gasteiger charge is -2.12. The molecule has 1 N–H and O–H groups in total. The maximum atomic E-state index is 12.2. The molecule has 0 radical (unpaired) electrons. The Bertz CT molecular complexity index is 755. The van der Waals surface area contributed by atoms with Crippen molar-refractivity contribution in [2.24, 2.45) is 0 Å². The predicted octanol–water partition coefficient (Wildman–Crippen LogP) is 2.71. The van der Waals surface area contributed by atoms with Crippen molar-refractivity contribution in [3.8, 4) is 0 Å².